The molecule has 0 saturated carbocycles. The van der Waals surface area contributed by atoms with Crippen molar-refractivity contribution < 1.29 is 9.53 Å². The Morgan fingerprint density at radius 3 is 2.69 bits per heavy atom. The highest BCUT2D eigenvalue weighted by atomic mass is 16.5. The smallest absolute Gasteiger partial charge is 0.322 e. The quantitative estimate of drug-likeness (QED) is 0.709. The third-order valence-corrected chi connectivity index (χ3v) is 4.22. The van der Waals surface area contributed by atoms with Crippen molar-refractivity contribution in [2.75, 3.05) is 25.1 Å². The first-order valence-corrected chi connectivity index (χ1v) is 8.90. The number of fused-ring (bicyclic) bond motifs is 1. The summed E-state index contributed by atoms with van der Waals surface area (Å²) in [5.41, 5.74) is 1.59. The molecule has 3 aromatic rings. The van der Waals surface area contributed by atoms with Crippen LogP contribution in [0.5, 0.6) is 5.75 Å². The van der Waals surface area contributed by atoms with Crippen LogP contribution in [0.4, 0.5) is 10.6 Å². The van der Waals surface area contributed by atoms with Crippen LogP contribution < -0.4 is 15.0 Å². The topological polar surface area (TPSA) is 63.8 Å². The van der Waals surface area contributed by atoms with Gasteiger partial charge in [0.25, 0.3) is 0 Å². The van der Waals surface area contributed by atoms with Crippen LogP contribution in [-0.2, 0) is 13.0 Å². The Kier molecular flexibility index (Phi) is 5.46. The molecular weight excluding hydrogens is 330 g/mol. The Hall–Kier alpha value is -2.96. The third kappa shape index (κ3) is 3.51. The normalized spacial score (nSPS) is 10.9. The number of carbonyl (C=O) groups excluding carboxylic acids is 1. The fourth-order valence-electron chi connectivity index (χ4n) is 2.93. The summed E-state index contributed by atoms with van der Waals surface area (Å²) in [5, 5.41) is 2.83. The molecule has 0 bridgehead atoms. The number of hydrogen-bond donors (Lipinski definition) is 1. The number of carbonyl (C=O) groups is 1. The van der Waals surface area contributed by atoms with Gasteiger partial charge in [0.1, 0.15) is 12.4 Å². The van der Waals surface area contributed by atoms with Crippen molar-refractivity contribution in [3.05, 3.63) is 48.5 Å². The fourth-order valence-corrected chi connectivity index (χ4v) is 2.93. The van der Waals surface area contributed by atoms with Gasteiger partial charge in [-0.15, -0.1) is 0 Å². The molecule has 0 aliphatic carbocycles. The molecule has 0 aliphatic heterocycles. The first-order valence-electron chi connectivity index (χ1n) is 8.90. The number of rotatable bonds is 7. The first-order chi connectivity index (χ1) is 12.7. The van der Waals surface area contributed by atoms with E-state index in [2.05, 4.69) is 9.88 Å². The van der Waals surface area contributed by atoms with E-state index in [1.165, 1.54) is 0 Å². The van der Waals surface area contributed by atoms with Crippen molar-refractivity contribution in [3.63, 3.8) is 0 Å². The second kappa shape index (κ2) is 7.95. The Morgan fingerprint density at radius 2 is 2.00 bits per heavy atom. The highest BCUT2D eigenvalue weighted by molar-refractivity contribution is 5.91. The highest BCUT2D eigenvalue weighted by Crippen LogP contribution is 2.28. The molecule has 0 atom stereocenters. The zero-order valence-electron chi connectivity index (χ0n) is 15.5. The van der Waals surface area contributed by atoms with Gasteiger partial charge in [-0.3, -0.25) is 9.30 Å². The zero-order chi connectivity index (χ0) is 18.5. The van der Waals surface area contributed by atoms with Crippen molar-refractivity contribution in [2.24, 2.45) is 0 Å². The summed E-state index contributed by atoms with van der Waals surface area (Å²) in [6, 6.07) is 7.66. The predicted octanol–water partition coefficient (Wildman–Crippen LogP) is 2.94. The summed E-state index contributed by atoms with van der Waals surface area (Å²) in [6.07, 6.45) is 6.65. The van der Waals surface area contributed by atoms with Crippen LogP contribution in [0.2, 0.25) is 0 Å². The number of nitrogens with zero attached hydrogens (tertiary/aromatic N) is 4. The average molecular weight is 355 g/mol. The zero-order valence-corrected chi connectivity index (χ0v) is 15.5. The van der Waals surface area contributed by atoms with E-state index in [0.29, 0.717) is 18.9 Å². The van der Waals surface area contributed by atoms with Gasteiger partial charge in [-0.25, -0.2) is 9.78 Å². The maximum absolute atomic E-state index is 12.3. The second-order valence-electron chi connectivity index (χ2n) is 5.97. The molecule has 0 saturated heterocycles. The Labute approximate surface area is 153 Å². The van der Waals surface area contributed by atoms with Gasteiger partial charge in [-0.2, -0.15) is 0 Å². The lowest BCUT2D eigenvalue weighted by atomic mass is 10.3. The van der Waals surface area contributed by atoms with Gasteiger partial charge in [0.2, 0.25) is 0 Å². The highest BCUT2D eigenvalue weighted by Gasteiger charge is 2.21. The van der Waals surface area contributed by atoms with Crippen molar-refractivity contribution in [1.82, 2.24) is 19.3 Å². The van der Waals surface area contributed by atoms with Gasteiger partial charge in [0, 0.05) is 32.2 Å². The van der Waals surface area contributed by atoms with Gasteiger partial charge in [-0.1, -0.05) is 6.92 Å². The third-order valence-electron chi connectivity index (χ3n) is 4.22. The molecule has 2 amide bonds. The lowest BCUT2D eigenvalue weighted by Gasteiger charge is -2.18. The molecule has 3 aromatic heterocycles. The minimum Gasteiger partial charge on any atom is -0.488 e. The summed E-state index contributed by atoms with van der Waals surface area (Å²) >= 11 is 0. The molecule has 3 heterocycles. The Morgan fingerprint density at radius 1 is 1.23 bits per heavy atom. The molecule has 0 spiro atoms. The fraction of sp³-hybridized carbons (Fsp3) is 0.368. The van der Waals surface area contributed by atoms with Gasteiger partial charge in [0.15, 0.2) is 11.4 Å². The van der Waals surface area contributed by atoms with Crippen LogP contribution in [0.1, 0.15) is 19.5 Å². The number of aryl methyl sites for hydroxylation is 1. The number of amides is 2. The molecule has 7 heteroatoms. The van der Waals surface area contributed by atoms with Crippen LogP contribution >= 0.6 is 0 Å². The van der Waals surface area contributed by atoms with Crippen LogP contribution in [0.15, 0.2) is 42.9 Å². The molecule has 0 radical (unpaired) electrons. The number of hydrogen-bond acceptors (Lipinski definition) is 3. The minimum absolute atomic E-state index is 0.150. The summed E-state index contributed by atoms with van der Waals surface area (Å²) in [7, 11) is 1.76. The monoisotopic (exact) mass is 355 g/mol. The standard InChI is InChI=1S/C19H25N5O2/c1-4-15-18(22(3)19(25)20-5-2)24-12-8-9-16(17(24)21-15)26-14-13-23-10-6-7-11-23/h6-12H,4-5,13-14H2,1-3H3,(H,20,25). The number of urea groups is 1. The van der Waals surface area contributed by atoms with Crippen molar-refractivity contribution in [1.29, 1.82) is 0 Å². The number of ether oxygens (including phenoxy) is 1. The largest absolute Gasteiger partial charge is 0.488 e. The van der Waals surface area contributed by atoms with Gasteiger partial charge >= 0.3 is 6.03 Å². The molecule has 0 fully saturated rings. The van der Waals surface area contributed by atoms with E-state index in [1.807, 2.05) is 61.1 Å². The van der Waals surface area contributed by atoms with Gasteiger partial charge in [0.05, 0.1) is 12.2 Å². The molecule has 1 N–H and O–H groups in total. The predicted molar refractivity (Wildman–Crippen MR) is 102 cm³/mol. The molecule has 0 unspecified atom stereocenters. The average Bonchev–Trinajstić information content (AvgIpc) is 3.28. The van der Waals surface area contributed by atoms with E-state index in [4.69, 9.17) is 9.72 Å². The van der Waals surface area contributed by atoms with Crippen molar-refractivity contribution in [2.45, 2.75) is 26.8 Å². The summed E-state index contributed by atoms with van der Waals surface area (Å²) in [4.78, 5) is 18.6. The number of pyridine rings is 1. The summed E-state index contributed by atoms with van der Waals surface area (Å²) < 4.78 is 9.95. The first kappa shape index (κ1) is 17.8. The maximum atomic E-state index is 12.3. The molecule has 26 heavy (non-hydrogen) atoms. The maximum Gasteiger partial charge on any atom is 0.322 e. The summed E-state index contributed by atoms with van der Waals surface area (Å²) in [5.74, 6) is 1.48. The van der Waals surface area contributed by atoms with Gasteiger partial charge in [-0.05, 0) is 37.6 Å². The second-order valence-corrected chi connectivity index (χ2v) is 5.97. The molecule has 0 aromatic carbocycles. The van der Waals surface area contributed by atoms with Crippen LogP contribution in [-0.4, -0.2) is 40.2 Å². The number of nitrogens with one attached hydrogen (secondary N) is 1. The Bertz CT molecular complexity index is 870. The SMILES string of the molecule is CCNC(=O)N(C)c1c(CC)nc2c(OCCn3cccc3)cccn12. The van der Waals surface area contributed by atoms with Crippen LogP contribution in [0, 0.1) is 0 Å². The molecule has 3 rings (SSSR count). The van der Waals surface area contributed by atoms with Crippen LogP contribution in [0.3, 0.4) is 0 Å². The number of imidazole rings is 1. The Balaban J connectivity index is 1.88. The molecule has 7 nitrogen and oxygen atoms in total. The molecule has 0 aliphatic rings. The summed E-state index contributed by atoms with van der Waals surface area (Å²) in [6.45, 7) is 5.82. The van der Waals surface area contributed by atoms with E-state index in [1.54, 1.807) is 11.9 Å². The lowest BCUT2D eigenvalue weighted by molar-refractivity contribution is 0.248. The number of anilines is 1. The van der Waals surface area contributed by atoms with Crippen LogP contribution in [0.25, 0.3) is 5.65 Å². The molecule has 138 valence electrons. The van der Waals surface area contributed by atoms with Gasteiger partial charge < -0.3 is 14.6 Å². The van der Waals surface area contributed by atoms with E-state index in [0.717, 1.165) is 30.1 Å². The van der Waals surface area contributed by atoms with E-state index < -0.39 is 0 Å². The van der Waals surface area contributed by atoms with Crippen molar-refractivity contribution in [3.8, 4) is 5.75 Å². The van der Waals surface area contributed by atoms with E-state index in [9.17, 15) is 4.79 Å². The molecular formula is C19H25N5O2. The number of aromatic nitrogens is 3. The minimum atomic E-state index is -0.150. The van der Waals surface area contributed by atoms with E-state index >= 15 is 0 Å². The van der Waals surface area contributed by atoms with Crippen molar-refractivity contribution >= 4 is 17.5 Å². The van der Waals surface area contributed by atoms with E-state index in [-0.39, 0.29) is 6.03 Å². The lowest BCUT2D eigenvalue weighted by Crippen LogP contribution is -2.38.